The van der Waals surface area contributed by atoms with Crippen LogP contribution in [-0.2, 0) is 4.79 Å². The Bertz CT molecular complexity index is 547. The van der Waals surface area contributed by atoms with Crippen LogP contribution in [-0.4, -0.2) is 23.3 Å². The van der Waals surface area contributed by atoms with Crippen LogP contribution in [0.3, 0.4) is 0 Å². The molecule has 0 amide bonds. The summed E-state index contributed by atoms with van der Waals surface area (Å²) in [6.07, 6.45) is 15.6. The zero-order chi connectivity index (χ0) is 12.4. The standard InChI is InChI=1S/C16H14NO/c18-16-6-2-1-5-14(16)8-7-13-4-3-11-17(12-13)15-9-10-15/h2-5,12,15H,6,9-11H2. The van der Waals surface area contributed by atoms with E-state index in [1.54, 1.807) is 12.2 Å². The van der Waals surface area contributed by atoms with E-state index < -0.39 is 0 Å². The molecule has 0 unspecified atom stereocenters. The molecule has 0 aromatic heterocycles. The molecule has 1 fully saturated rings. The second-order valence-electron chi connectivity index (χ2n) is 4.72. The summed E-state index contributed by atoms with van der Waals surface area (Å²) < 4.78 is 0. The van der Waals surface area contributed by atoms with E-state index in [0.717, 1.165) is 12.1 Å². The molecule has 1 aliphatic heterocycles. The number of ketones is 1. The molecule has 3 aliphatic rings. The molecular weight excluding hydrogens is 222 g/mol. The van der Waals surface area contributed by atoms with Gasteiger partial charge in [0.1, 0.15) is 0 Å². The normalized spacial score (nSPS) is 22.2. The average Bonchev–Trinajstić information content (AvgIpc) is 3.23. The average molecular weight is 236 g/mol. The largest absolute Gasteiger partial charge is 0.370 e. The highest BCUT2D eigenvalue weighted by atomic mass is 16.1. The second-order valence-corrected chi connectivity index (χ2v) is 4.72. The van der Waals surface area contributed by atoms with E-state index in [2.05, 4.69) is 35.1 Å². The lowest BCUT2D eigenvalue weighted by atomic mass is 10.0. The highest BCUT2D eigenvalue weighted by Crippen LogP contribution is 2.28. The lowest BCUT2D eigenvalue weighted by Gasteiger charge is -2.21. The van der Waals surface area contributed by atoms with Gasteiger partial charge in [-0.05, 0) is 31.1 Å². The SMILES string of the molecule is O=C1CC=[C]C=C1C#CC1=CN(C2CC2)CC=C1. The van der Waals surface area contributed by atoms with Crippen molar-refractivity contribution in [2.45, 2.75) is 25.3 Å². The minimum Gasteiger partial charge on any atom is -0.370 e. The van der Waals surface area contributed by atoms with Crippen molar-refractivity contribution in [1.82, 2.24) is 4.90 Å². The number of hydrogen-bond donors (Lipinski definition) is 0. The van der Waals surface area contributed by atoms with Gasteiger partial charge in [-0.3, -0.25) is 4.79 Å². The molecule has 2 aliphatic carbocycles. The van der Waals surface area contributed by atoms with Crippen LogP contribution in [0.15, 0.2) is 41.7 Å². The van der Waals surface area contributed by atoms with Crippen LogP contribution in [0.4, 0.5) is 0 Å². The van der Waals surface area contributed by atoms with Gasteiger partial charge in [-0.1, -0.05) is 24.0 Å². The molecule has 0 bridgehead atoms. The molecule has 0 N–H and O–H groups in total. The first kappa shape index (κ1) is 11.1. The monoisotopic (exact) mass is 236 g/mol. The van der Waals surface area contributed by atoms with Gasteiger partial charge in [-0.15, -0.1) is 0 Å². The summed E-state index contributed by atoms with van der Waals surface area (Å²) in [6, 6.07) is 0.707. The fourth-order valence-corrected chi connectivity index (χ4v) is 2.04. The Hall–Kier alpha value is -2.01. The zero-order valence-electron chi connectivity index (χ0n) is 10.1. The molecule has 89 valence electrons. The van der Waals surface area contributed by atoms with Gasteiger partial charge in [0.2, 0.25) is 0 Å². The van der Waals surface area contributed by atoms with Crippen LogP contribution < -0.4 is 0 Å². The van der Waals surface area contributed by atoms with Crippen LogP contribution >= 0.6 is 0 Å². The number of Topliss-reactive ketones (excluding diaryl/α,β-unsaturated/α-hetero) is 1. The third-order valence-corrected chi connectivity index (χ3v) is 3.21. The van der Waals surface area contributed by atoms with Crippen LogP contribution in [0.5, 0.6) is 0 Å². The van der Waals surface area contributed by atoms with Crippen LogP contribution in [0.2, 0.25) is 0 Å². The first-order valence-electron chi connectivity index (χ1n) is 6.30. The van der Waals surface area contributed by atoms with E-state index in [1.807, 2.05) is 6.08 Å². The Kier molecular flexibility index (Phi) is 2.90. The number of rotatable bonds is 1. The maximum atomic E-state index is 11.6. The molecular formula is C16H14NO. The van der Waals surface area contributed by atoms with Crippen molar-refractivity contribution in [3.63, 3.8) is 0 Å². The Morgan fingerprint density at radius 2 is 2.22 bits per heavy atom. The van der Waals surface area contributed by atoms with Gasteiger partial charge in [0, 0.05) is 30.8 Å². The Morgan fingerprint density at radius 3 is 3.00 bits per heavy atom. The summed E-state index contributed by atoms with van der Waals surface area (Å²) in [5.74, 6) is 6.11. The van der Waals surface area contributed by atoms with Crippen molar-refractivity contribution in [1.29, 1.82) is 0 Å². The number of hydrogen-bond acceptors (Lipinski definition) is 2. The first-order chi connectivity index (χ1) is 8.83. The van der Waals surface area contributed by atoms with Crippen molar-refractivity contribution in [2.75, 3.05) is 6.54 Å². The van der Waals surface area contributed by atoms with Crippen molar-refractivity contribution in [3.05, 3.63) is 47.7 Å². The third-order valence-electron chi connectivity index (χ3n) is 3.21. The van der Waals surface area contributed by atoms with Gasteiger partial charge in [0.05, 0.1) is 5.57 Å². The molecule has 2 nitrogen and oxygen atoms in total. The van der Waals surface area contributed by atoms with E-state index in [4.69, 9.17) is 0 Å². The van der Waals surface area contributed by atoms with E-state index in [1.165, 1.54) is 12.8 Å². The van der Waals surface area contributed by atoms with Gasteiger partial charge in [-0.2, -0.15) is 0 Å². The van der Waals surface area contributed by atoms with Crippen molar-refractivity contribution in [3.8, 4) is 11.8 Å². The van der Waals surface area contributed by atoms with Crippen LogP contribution in [0.25, 0.3) is 0 Å². The van der Waals surface area contributed by atoms with Crippen LogP contribution in [0, 0.1) is 17.9 Å². The fourth-order valence-electron chi connectivity index (χ4n) is 2.04. The Labute approximate surface area is 107 Å². The van der Waals surface area contributed by atoms with Gasteiger partial charge in [0.25, 0.3) is 0 Å². The highest BCUT2D eigenvalue weighted by molar-refractivity contribution is 6.01. The summed E-state index contributed by atoms with van der Waals surface area (Å²) >= 11 is 0. The summed E-state index contributed by atoms with van der Waals surface area (Å²) in [5, 5.41) is 0. The molecule has 2 heteroatoms. The molecule has 0 aromatic carbocycles. The zero-order valence-corrected chi connectivity index (χ0v) is 10.1. The minimum atomic E-state index is 0.0840. The smallest absolute Gasteiger partial charge is 0.175 e. The quantitative estimate of drug-likeness (QED) is 0.650. The Morgan fingerprint density at radius 1 is 1.33 bits per heavy atom. The van der Waals surface area contributed by atoms with Gasteiger partial charge >= 0.3 is 0 Å². The summed E-state index contributed by atoms with van der Waals surface area (Å²) in [5.41, 5.74) is 1.55. The molecule has 0 saturated heterocycles. The predicted octanol–water partition coefficient (Wildman–Crippen LogP) is 2.17. The molecule has 3 rings (SSSR count). The van der Waals surface area contributed by atoms with Gasteiger partial charge < -0.3 is 4.90 Å². The highest BCUT2D eigenvalue weighted by Gasteiger charge is 2.27. The third kappa shape index (κ3) is 2.46. The topological polar surface area (TPSA) is 20.3 Å². The van der Waals surface area contributed by atoms with Gasteiger partial charge in [-0.25, -0.2) is 0 Å². The minimum absolute atomic E-state index is 0.0840. The molecule has 1 heterocycles. The lowest BCUT2D eigenvalue weighted by molar-refractivity contribution is -0.114. The number of allylic oxidation sites excluding steroid dienone is 6. The summed E-state index contributed by atoms with van der Waals surface area (Å²) in [4.78, 5) is 13.9. The summed E-state index contributed by atoms with van der Waals surface area (Å²) in [7, 11) is 0. The second kappa shape index (κ2) is 4.70. The van der Waals surface area contributed by atoms with Crippen LogP contribution in [0.1, 0.15) is 19.3 Å². The van der Waals surface area contributed by atoms with E-state index in [9.17, 15) is 4.79 Å². The first-order valence-corrected chi connectivity index (χ1v) is 6.30. The fraction of sp³-hybridized carbons (Fsp3) is 0.312. The number of nitrogens with zero attached hydrogens (tertiary/aromatic N) is 1. The number of carbonyl (C=O) groups excluding carboxylic acids is 1. The van der Waals surface area contributed by atoms with Crippen molar-refractivity contribution in [2.24, 2.45) is 0 Å². The van der Waals surface area contributed by atoms with Gasteiger partial charge in [0.15, 0.2) is 5.78 Å². The van der Waals surface area contributed by atoms with E-state index >= 15 is 0 Å². The van der Waals surface area contributed by atoms with E-state index in [0.29, 0.717) is 18.0 Å². The molecule has 1 saturated carbocycles. The number of carbonyl (C=O) groups is 1. The Balaban J connectivity index is 1.76. The van der Waals surface area contributed by atoms with E-state index in [-0.39, 0.29) is 5.78 Å². The maximum Gasteiger partial charge on any atom is 0.175 e. The molecule has 0 aromatic rings. The molecule has 1 radical (unpaired) electrons. The molecule has 18 heavy (non-hydrogen) atoms. The molecule has 0 atom stereocenters. The predicted molar refractivity (Wildman–Crippen MR) is 70.2 cm³/mol. The van der Waals surface area contributed by atoms with Crippen molar-refractivity contribution < 1.29 is 4.79 Å². The molecule has 0 spiro atoms. The van der Waals surface area contributed by atoms with Crippen molar-refractivity contribution >= 4 is 5.78 Å². The lowest BCUT2D eigenvalue weighted by Crippen LogP contribution is -2.22. The summed E-state index contributed by atoms with van der Waals surface area (Å²) in [6.45, 7) is 0.980. The maximum absolute atomic E-state index is 11.6.